The summed E-state index contributed by atoms with van der Waals surface area (Å²) in [7, 11) is 0. The highest BCUT2D eigenvalue weighted by atomic mass is 15.2. The molecule has 0 bridgehead atoms. The second-order valence-electron chi connectivity index (χ2n) is 4.64. The van der Waals surface area contributed by atoms with Gasteiger partial charge in [0.15, 0.2) is 0 Å². The van der Waals surface area contributed by atoms with Gasteiger partial charge in [0.05, 0.1) is 23.2 Å². The van der Waals surface area contributed by atoms with Gasteiger partial charge in [-0.1, -0.05) is 25.1 Å². The summed E-state index contributed by atoms with van der Waals surface area (Å²) < 4.78 is 0. The fourth-order valence-corrected chi connectivity index (χ4v) is 2.07. The Morgan fingerprint density at radius 2 is 2.16 bits per heavy atom. The number of hydrogen-bond acceptors (Lipinski definition) is 4. The van der Waals surface area contributed by atoms with Crippen molar-refractivity contribution >= 4 is 22.4 Å². The highest BCUT2D eigenvalue weighted by Gasteiger charge is 2.14. The lowest BCUT2D eigenvalue weighted by molar-refractivity contribution is 0.697. The molecule has 0 aliphatic heterocycles. The van der Waals surface area contributed by atoms with Crippen LogP contribution < -0.4 is 10.6 Å². The lowest BCUT2D eigenvalue weighted by Crippen LogP contribution is -2.34. The van der Waals surface area contributed by atoms with Crippen LogP contribution in [0.4, 0.5) is 5.69 Å². The van der Waals surface area contributed by atoms with Crippen molar-refractivity contribution in [3.8, 4) is 0 Å². The molecule has 2 aromatic rings. The van der Waals surface area contributed by atoms with Crippen molar-refractivity contribution in [3.05, 3.63) is 30.5 Å². The largest absolute Gasteiger partial charge is 0.387 e. The van der Waals surface area contributed by atoms with Crippen molar-refractivity contribution in [1.82, 2.24) is 10.2 Å². The Morgan fingerprint density at radius 3 is 2.84 bits per heavy atom. The zero-order valence-electron chi connectivity index (χ0n) is 11.3. The molecule has 1 aromatic heterocycles. The van der Waals surface area contributed by atoms with Gasteiger partial charge in [-0.2, -0.15) is 10.2 Å². The van der Waals surface area contributed by atoms with Gasteiger partial charge in [-0.3, -0.25) is 5.41 Å². The van der Waals surface area contributed by atoms with E-state index in [0.29, 0.717) is 6.54 Å². The number of anilines is 1. The molecule has 5 heteroatoms. The van der Waals surface area contributed by atoms with Crippen LogP contribution in [0, 0.1) is 11.3 Å². The van der Waals surface area contributed by atoms with Crippen molar-refractivity contribution < 1.29 is 0 Å². The Kier molecular flexibility index (Phi) is 3.94. The second kappa shape index (κ2) is 5.65. The lowest BCUT2D eigenvalue weighted by Gasteiger charge is -2.26. The van der Waals surface area contributed by atoms with Crippen LogP contribution in [0.3, 0.4) is 0 Å². The molecule has 19 heavy (non-hydrogen) atoms. The molecule has 0 saturated heterocycles. The van der Waals surface area contributed by atoms with E-state index in [4.69, 9.17) is 11.1 Å². The molecule has 0 spiro atoms. The summed E-state index contributed by atoms with van der Waals surface area (Å²) in [6, 6.07) is 7.94. The van der Waals surface area contributed by atoms with Crippen LogP contribution in [-0.4, -0.2) is 29.1 Å². The van der Waals surface area contributed by atoms with E-state index in [1.807, 2.05) is 31.2 Å². The topological polar surface area (TPSA) is 78.9 Å². The monoisotopic (exact) mass is 257 g/mol. The predicted molar refractivity (Wildman–Crippen MR) is 78.5 cm³/mol. The molecule has 1 heterocycles. The van der Waals surface area contributed by atoms with E-state index in [1.165, 1.54) is 0 Å². The van der Waals surface area contributed by atoms with Gasteiger partial charge in [0.25, 0.3) is 0 Å². The molecule has 2 rings (SSSR count). The van der Waals surface area contributed by atoms with Crippen molar-refractivity contribution in [2.75, 3.05) is 18.0 Å². The number of aromatic nitrogens is 2. The van der Waals surface area contributed by atoms with Gasteiger partial charge in [-0.05, 0) is 13.0 Å². The van der Waals surface area contributed by atoms with Crippen LogP contribution in [-0.2, 0) is 0 Å². The minimum atomic E-state index is 0.0203. The summed E-state index contributed by atoms with van der Waals surface area (Å²) in [6.07, 6.45) is 1.78. The molecule has 0 fully saturated rings. The summed E-state index contributed by atoms with van der Waals surface area (Å²) in [5, 5.41) is 16.8. The van der Waals surface area contributed by atoms with Crippen LogP contribution in [0.2, 0.25) is 0 Å². The van der Waals surface area contributed by atoms with Gasteiger partial charge in [0.2, 0.25) is 0 Å². The fraction of sp³-hybridized carbons (Fsp3) is 0.357. The lowest BCUT2D eigenvalue weighted by atomic mass is 10.1. The van der Waals surface area contributed by atoms with E-state index in [9.17, 15) is 0 Å². The first-order chi connectivity index (χ1) is 9.13. The average molecular weight is 257 g/mol. The summed E-state index contributed by atoms with van der Waals surface area (Å²) in [4.78, 5) is 2.18. The fourth-order valence-electron chi connectivity index (χ4n) is 2.07. The van der Waals surface area contributed by atoms with Crippen molar-refractivity contribution in [2.24, 2.45) is 11.7 Å². The van der Waals surface area contributed by atoms with Gasteiger partial charge in [0.1, 0.15) is 0 Å². The SMILES string of the molecule is CCN(CC(C)C(=N)N)c1cnnc2ccccc12. The van der Waals surface area contributed by atoms with Crippen LogP contribution in [0.1, 0.15) is 13.8 Å². The van der Waals surface area contributed by atoms with Crippen molar-refractivity contribution in [1.29, 1.82) is 5.41 Å². The Balaban J connectivity index is 2.38. The zero-order chi connectivity index (χ0) is 13.8. The Bertz CT molecular complexity index is 576. The Hall–Kier alpha value is -2.17. The first-order valence-corrected chi connectivity index (χ1v) is 6.42. The highest BCUT2D eigenvalue weighted by molar-refractivity contribution is 5.91. The number of hydrogen-bond donors (Lipinski definition) is 2. The molecule has 1 unspecified atom stereocenters. The average Bonchev–Trinajstić information content (AvgIpc) is 2.44. The van der Waals surface area contributed by atoms with E-state index in [2.05, 4.69) is 22.0 Å². The molecule has 0 radical (unpaired) electrons. The first-order valence-electron chi connectivity index (χ1n) is 6.42. The smallest absolute Gasteiger partial charge is 0.0952 e. The number of benzene rings is 1. The van der Waals surface area contributed by atoms with Crippen molar-refractivity contribution in [2.45, 2.75) is 13.8 Å². The van der Waals surface area contributed by atoms with E-state index < -0.39 is 0 Å². The van der Waals surface area contributed by atoms with Gasteiger partial charge in [-0.25, -0.2) is 0 Å². The first kappa shape index (κ1) is 13.3. The summed E-state index contributed by atoms with van der Waals surface area (Å²) >= 11 is 0. The van der Waals surface area contributed by atoms with E-state index in [-0.39, 0.29) is 11.8 Å². The number of nitrogens with two attached hydrogens (primary N) is 1. The van der Waals surface area contributed by atoms with Gasteiger partial charge in [-0.15, -0.1) is 0 Å². The zero-order valence-corrected chi connectivity index (χ0v) is 11.3. The molecular formula is C14H19N5. The Morgan fingerprint density at radius 1 is 1.42 bits per heavy atom. The van der Waals surface area contributed by atoms with Crippen molar-refractivity contribution in [3.63, 3.8) is 0 Å². The number of nitrogens with zero attached hydrogens (tertiary/aromatic N) is 3. The number of nitrogens with one attached hydrogen (secondary N) is 1. The molecule has 0 aliphatic rings. The quantitative estimate of drug-likeness (QED) is 0.634. The molecule has 0 saturated carbocycles. The third kappa shape index (κ3) is 2.81. The predicted octanol–water partition coefficient (Wildman–Crippen LogP) is 2.03. The second-order valence-corrected chi connectivity index (χ2v) is 4.64. The van der Waals surface area contributed by atoms with E-state index >= 15 is 0 Å². The molecule has 1 aromatic carbocycles. The Labute approximate surface area is 112 Å². The minimum absolute atomic E-state index is 0.0203. The number of fused-ring (bicyclic) bond motifs is 1. The minimum Gasteiger partial charge on any atom is -0.387 e. The third-order valence-corrected chi connectivity index (χ3v) is 3.27. The molecule has 1 atom stereocenters. The molecule has 5 nitrogen and oxygen atoms in total. The van der Waals surface area contributed by atoms with Gasteiger partial charge < -0.3 is 10.6 Å². The molecule has 0 aliphatic carbocycles. The maximum Gasteiger partial charge on any atom is 0.0952 e. The van der Waals surface area contributed by atoms with Crippen LogP contribution >= 0.6 is 0 Å². The van der Waals surface area contributed by atoms with Crippen LogP contribution in [0.15, 0.2) is 30.5 Å². The standard InChI is InChI=1S/C14H19N5/c1-3-19(9-10(2)14(15)16)13-8-17-18-12-7-5-4-6-11(12)13/h4-8,10H,3,9H2,1-2H3,(H3,15,16). The molecular weight excluding hydrogens is 238 g/mol. The maximum absolute atomic E-state index is 7.52. The summed E-state index contributed by atoms with van der Waals surface area (Å²) in [6.45, 7) is 5.60. The molecule has 100 valence electrons. The summed E-state index contributed by atoms with van der Waals surface area (Å²) in [5.41, 5.74) is 7.48. The molecule has 3 N–H and O–H groups in total. The van der Waals surface area contributed by atoms with Gasteiger partial charge >= 0.3 is 0 Å². The van der Waals surface area contributed by atoms with Crippen LogP contribution in [0.25, 0.3) is 10.9 Å². The van der Waals surface area contributed by atoms with E-state index in [0.717, 1.165) is 23.1 Å². The summed E-state index contributed by atoms with van der Waals surface area (Å²) in [5.74, 6) is 0.233. The maximum atomic E-state index is 7.52. The molecule has 0 amide bonds. The normalized spacial score (nSPS) is 12.3. The van der Waals surface area contributed by atoms with Gasteiger partial charge in [0, 0.05) is 24.4 Å². The highest BCUT2D eigenvalue weighted by Crippen LogP contribution is 2.24. The number of amidine groups is 1. The van der Waals surface area contributed by atoms with Crippen LogP contribution in [0.5, 0.6) is 0 Å². The number of rotatable bonds is 5. The third-order valence-electron chi connectivity index (χ3n) is 3.27. The van der Waals surface area contributed by atoms with E-state index in [1.54, 1.807) is 6.20 Å².